The minimum atomic E-state index is -0.691. The minimum absolute atomic E-state index is 0.228. The van der Waals surface area contributed by atoms with E-state index in [0.29, 0.717) is 17.1 Å². The zero-order valence-corrected chi connectivity index (χ0v) is 10.4. The van der Waals surface area contributed by atoms with Gasteiger partial charge in [0.1, 0.15) is 11.5 Å². The van der Waals surface area contributed by atoms with E-state index in [-0.39, 0.29) is 5.71 Å². The predicted molar refractivity (Wildman–Crippen MR) is 71.8 cm³/mol. The summed E-state index contributed by atoms with van der Waals surface area (Å²) in [7, 11) is 1.25. The highest BCUT2D eigenvalue weighted by Gasteiger charge is 2.16. The van der Waals surface area contributed by atoms with Crippen molar-refractivity contribution in [2.45, 2.75) is 0 Å². The van der Waals surface area contributed by atoms with E-state index in [1.807, 2.05) is 18.2 Å². The van der Waals surface area contributed by atoms with E-state index in [1.165, 1.54) is 7.11 Å². The number of carbonyl (C=O) groups excluding carboxylic acids is 1. The largest absolute Gasteiger partial charge is 0.464 e. The van der Waals surface area contributed by atoms with E-state index >= 15 is 0 Å². The maximum atomic E-state index is 11.4. The molecule has 0 aliphatic rings. The number of methoxy groups -OCH3 is 1. The molecule has 0 spiro atoms. The summed E-state index contributed by atoms with van der Waals surface area (Å²) in [4.78, 5) is 11.4. The SMILES string of the molecule is COC(=O)C(=N)c1ccccc1Oc1ccccc1. The molecule has 0 amide bonds. The number of hydrogen-bond donors (Lipinski definition) is 1. The lowest BCUT2D eigenvalue weighted by molar-refractivity contribution is -0.132. The first-order chi connectivity index (χ1) is 9.22. The number of para-hydroxylation sites is 2. The number of ether oxygens (including phenoxy) is 2. The molecule has 1 N–H and O–H groups in total. The predicted octanol–water partition coefficient (Wildman–Crippen LogP) is 3.02. The van der Waals surface area contributed by atoms with E-state index in [9.17, 15) is 4.79 Å². The molecular weight excluding hydrogens is 242 g/mol. The summed E-state index contributed by atoms with van der Waals surface area (Å²) in [6.45, 7) is 0. The third-order valence-corrected chi connectivity index (χ3v) is 2.52. The lowest BCUT2D eigenvalue weighted by Crippen LogP contribution is -2.16. The molecule has 0 heterocycles. The van der Waals surface area contributed by atoms with Gasteiger partial charge in [0, 0.05) is 5.56 Å². The van der Waals surface area contributed by atoms with Crippen LogP contribution in [-0.2, 0) is 9.53 Å². The first kappa shape index (κ1) is 12.8. The topological polar surface area (TPSA) is 59.4 Å². The highest BCUT2D eigenvalue weighted by Crippen LogP contribution is 2.25. The standard InChI is InChI=1S/C15H13NO3/c1-18-15(17)14(16)12-9-5-6-10-13(12)19-11-7-3-2-4-8-11/h2-10,16H,1H3. The second kappa shape index (κ2) is 5.82. The van der Waals surface area contributed by atoms with E-state index in [0.717, 1.165) is 0 Å². The summed E-state index contributed by atoms with van der Waals surface area (Å²) in [5.74, 6) is 0.404. The Kier molecular flexibility index (Phi) is 3.93. The van der Waals surface area contributed by atoms with Crippen molar-refractivity contribution < 1.29 is 14.3 Å². The van der Waals surface area contributed by atoms with Crippen molar-refractivity contribution in [1.82, 2.24) is 0 Å². The minimum Gasteiger partial charge on any atom is -0.464 e. The average molecular weight is 255 g/mol. The lowest BCUT2D eigenvalue weighted by Gasteiger charge is -2.10. The van der Waals surface area contributed by atoms with Crippen LogP contribution in [0.5, 0.6) is 11.5 Å². The molecule has 0 unspecified atom stereocenters. The molecule has 2 rings (SSSR count). The van der Waals surface area contributed by atoms with Crippen LogP contribution in [0.15, 0.2) is 54.6 Å². The first-order valence-electron chi connectivity index (χ1n) is 5.71. The lowest BCUT2D eigenvalue weighted by atomic mass is 10.1. The first-order valence-corrected chi connectivity index (χ1v) is 5.71. The summed E-state index contributed by atoms with van der Waals surface area (Å²) in [6.07, 6.45) is 0. The van der Waals surface area contributed by atoms with Gasteiger partial charge >= 0.3 is 5.97 Å². The third-order valence-electron chi connectivity index (χ3n) is 2.52. The zero-order valence-electron chi connectivity index (χ0n) is 10.4. The van der Waals surface area contributed by atoms with Gasteiger partial charge in [-0.2, -0.15) is 0 Å². The van der Waals surface area contributed by atoms with Gasteiger partial charge in [-0.05, 0) is 24.3 Å². The van der Waals surface area contributed by atoms with Gasteiger partial charge in [-0.25, -0.2) is 4.79 Å². The Bertz CT molecular complexity index is 593. The molecule has 0 radical (unpaired) electrons. The quantitative estimate of drug-likeness (QED) is 0.674. The monoisotopic (exact) mass is 255 g/mol. The van der Waals surface area contributed by atoms with Gasteiger partial charge in [0.25, 0.3) is 0 Å². The number of carbonyl (C=O) groups is 1. The Labute approximate surface area is 111 Å². The summed E-state index contributed by atoms with van der Waals surface area (Å²) in [6, 6.07) is 16.1. The molecule has 0 bridgehead atoms. The van der Waals surface area contributed by atoms with Crippen LogP contribution in [0.3, 0.4) is 0 Å². The fourth-order valence-electron chi connectivity index (χ4n) is 1.59. The van der Waals surface area contributed by atoms with Crippen molar-refractivity contribution in [2.24, 2.45) is 0 Å². The molecule has 0 atom stereocenters. The van der Waals surface area contributed by atoms with Crippen molar-refractivity contribution in [3.63, 3.8) is 0 Å². The van der Waals surface area contributed by atoms with Crippen LogP contribution in [0.1, 0.15) is 5.56 Å². The molecule has 0 fully saturated rings. The van der Waals surface area contributed by atoms with Gasteiger partial charge in [-0.1, -0.05) is 30.3 Å². The Morgan fingerprint density at radius 3 is 2.32 bits per heavy atom. The Balaban J connectivity index is 2.31. The van der Waals surface area contributed by atoms with Gasteiger partial charge in [0.2, 0.25) is 0 Å². The molecule has 0 aromatic heterocycles. The van der Waals surface area contributed by atoms with Crippen LogP contribution in [-0.4, -0.2) is 18.8 Å². The molecule has 19 heavy (non-hydrogen) atoms. The summed E-state index contributed by atoms with van der Waals surface area (Å²) in [5.41, 5.74) is 0.173. The second-order valence-corrected chi connectivity index (χ2v) is 3.78. The number of rotatable bonds is 4. The maximum absolute atomic E-state index is 11.4. The van der Waals surface area contributed by atoms with Gasteiger partial charge in [-0.3, -0.25) is 5.41 Å². The van der Waals surface area contributed by atoms with Gasteiger partial charge in [0.15, 0.2) is 5.71 Å². The normalized spacial score (nSPS) is 9.74. The van der Waals surface area contributed by atoms with Crippen LogP contribution < -0.4 is 4.74 Å². The van der Waals surface area contributed by atoms with Crippen LogP contribution in [0.25, 0.3) is 0 Å². The van der Waals surface area contributed by atoms with Crippen molar-refractivity contribution in [3.05, 3.63) is 60.2 Å². The smallest absolute Gasteiger partial charge is 0.356 e. The number of nitrogens with one attached hydrogen (secondary N) is 1. The number of hydrogen-bond acceptors (Lipinski definition) is 4. The summed E-state index contributed by atoms with van der Waals surface area (Å²) in [5, 5.41) is 7.79. The van der Waals surface area contributed by atoms with Crippen LogP contribution >= 0.6 is 0 Å². The van der Waals surface area contributed by atoms with Crippen molar-refractivity contribution >= 4 is 11.7 Å². The Morgan fingerprint density at radius 1 is 1.00 bits per heavy atom. The van der Waals surface area contributed by atoms with E-state index in [1.54, 1.807) is 36.4 Å². The molecule has 0 saturated carbocycles. The molecule has 4 heteroatoms. The molecule has 0 aliphatic carbocycles. The van der Waals surface area contributed by atoms with Crippen molar-refractivity contribution in [2.75, 3.05) is 7.11 Å². The Hall–Kier alpha value is -2.62. The summed E-state index contributed by atoms with van der Waals surface area (Å²) < 4.78 is 10.2. The molecule has 0 saturated heterocycles. The zero-order chi connectivity index (χ0) is 13.7. The second-order valence-electron chi connectivity index (χ2n) is 3.78. The number of benzene rings is 2. The van der Waals surface area contributed by atoms with Crippen molar-refractivity contribution in [1.29, 1.82) is 5.41 Å². The van der Waals surface area contributed by atoms with Gasteiger partial charge < -0.3 is 9.47 Å². The van der Waals surface area contributed by atoms with Gasteiger partial charge in [0.05, 0.1) is 7.11 Å². The fraction of sp³-hybridized carbons (Fsp3) is 0.0667. The van der Waals surface area contributed by atoms with Crippen molar-refractivity contribution in [3.8, 4) is 11.5 Å². The van der Waals surface area contributed by atoms with Crippen LogP contribution in [0, 0.1) is 5.41 Å². The highest BCUT2D eigenvalue weighted by molar-refractivity contribution is 6.42. The maximum Gasteiger partial charge on any atom is 0.356 e. The van der Waals surface area contributed by atoms with Gasteiger partial charge in [-0.15, -0.1) is 0 Å². The molecule has 0 aliphatic heterocycles. The molecule has 2 aromatic carbocycles. The molecule has 96 valence electrons. The fourth-order valence-corrected chi connectivity index (χ4v) is 1.59. The average Bonchev–Trinajstić information content (AvgIpc) is 2.47. The number of esters is 1. The van der Waals surface area contributed by atoms with E-state index < -0.39 is 5.97 Å². The van der Waals surface area contributed by atoms with Crippen LogP contribution in [0.2, 0.25) is 0 Å². The van der Waals surface area contributed by atoms with Crippen LogP contribution in [0.4, 0.5) is 0 Å². The molecule has 4 nitrogen and oxygen atoms in total. The Morgan fingerprint density at radius 2 is 1.63 bits per heavy atom. The summed E-state index contributed by atoms with van der Waals surface area (Å²) >= 11 is 0. The highest BCUT2D eigenvalue weighted by atomic mass is 16.5. The molecular formula is C15H13NO3. The van der Waals surface area contributed by atoms with E-state index in [4.69, 9.17) is 10.1 Å². The van der Waals surface area contributed by atoms with E-state index in [2.05, 4.69) is 4.74 Å². The molecule has 2 aromatic rings. The third kappa shape index (κ3) is 2.98.